The molecule has 3 heteroatoms. The fourth-order valence-corrected chi connectivity index (χ4v) is 3.51. The van der Waals surface area contributed by atoms with Crippen LogP contribution in [0.2, 0.25) is 0 Å². The molecule has 0 aliphatic heterocycles. The van der Waals surface area contributed by atoms with Gasteiger partial charge in [-0.3, -0.25) is 4.79 Å². The smallest absolute Gasteiger partial charge is 0.252 e. The molecule has 1 heterocycles. The van der Waals surface area contributed by atoms with Gasteiger partial charge in [0, 0.05) is 23.7 Å². The van der Waals surface area contributed by atoms with Crippen LogP contribution in [0.4, 0.5) is 0 Å². The second kappa shape index (κ2) is 6.25. The summed E-state index contributed by atoms with van der Waals surface area (Å²) >= 11 is 0. The van der Waals surface area contributed by atoms with Gasteiger partial charge in [-0.1, -0.05) is 19.8 Å². The molecule has 3 rings (SSSR count). The first-order valence-electron chi connectivity index (χ1n) is 8.41. The minimum Gasteiger partial charge on any atom is -0.322 e. The molecule has 3 nitrogen and oxygen atoms in total. The van der Waals surface area contributed by atoms with Gasteiger partial charge in [0.25, 0.3) is 5.56 Å². The second-order valence-corrected chi connectivity index (χ2v) is 6.90. The number of hydrogen-bond donors (Lipinski definition) is 2. The molecular weight excluding hydrogens is 272 g/mol. The lowest BCUT2D eigenvalue weighted by atomic mass is 9.86. The minimum absolute atomic E-state index is 0.0340. The van der Waals surface area contributed by atoms with E-state index in [1.54, 1.807) is 0 Å². The summed E-state index contributed by atoms with van der Waals surface area (Å²) in [6.45, 7) is 7.16. The van der Waals surface area contributed by atoms with Crippen LogP contribution in [-0.4, -0.2) is 11.0 Å². The van der Waals surface area contributed by atoms with Gasteiger partial charge in [0.1, 0.15) is 0 Å². The molecule has 0 bridgehead atoms. The fraction of sp³-hybridized carbons (Fsp3) is 0.526. The molecule has 0 saturated heterocycles. The van der Waals surface area contributed by atoms with Crippen LogP contribution in [0.1, 0.15) is 49.3 Å². The summed E-state index contributed by atoms with van der Waals surface area (Å²) in [5.41, 5.74) is 4.28. The number of aromatic amines is 1. The number of aryl methyl sites for hydroxylation is 2. The minimum atomic E-state index is 0.0340. The summed E-state index contributed by atoms with van der Waals surface area (Å²) in [6, 6.07) is 6.81. The second-order valence-electron chi connectivity index (χ2n) is 6.90. The molecule has 2 N–H and O–H groups in total. The number of nitrogens with one attached hydrogen (secondary N) is 2. The van der Waals surface area contributed by atoms with Crippen LogP contribution < -0.4 is 10.9 Å². The van der Waals surface area contributed by atoms with Gasteiger partial charge >= 0.3 is 0 Å². The van der Waals surface area contributed by atoms with E-state index in [4.69, 9.17) is 0 Å². The lowest BCUT2D eigenvalue weighted by Crippen LogP contribution is -2.37. The lowest BCUT2D eigenvalue weighted by molar-refractivity contribution is 0.279. The molecule has 22 heavy (non-hydrogen) atoms. The largest absolute Gasteiger partial charge is 0.322 e. The molecule has 118 valence electrons. The third kappa shape index (κ3) is 3.09. The topological polar surface area (TPSA) is 44.9 Å². The van der Waals surface area contributed by atoms with Gasteiger partial charge in [-0.05, 0) is 67.3 Å². The van der Waals surface area contributed by atoms with Gasteiger partial charge in [-0.25, -0.2) is 0 Å². The number of benzene rings is 1. The molecule has 0 unspecified atom stereocenters. The Morgan fingerprint density at radius 2 is 1.86 bits per heavy atom. The summed E-state index contributed by atoms with van der Waals surface area (Å²) in [5.74, 6) is 0.707. The van der Waals surface area contributed by atoms with Crippen LogP contribution in [0.25, 0.3) is 10.9 Å². The van der Waals surface area contributed by atoms with Crippen LogP contribution >= 0.6 is 0 Å². The first kappa shape index (κ1) is 15.3. The molecule has 0 spiro atoms. The number of fused-ring (bicyclic) bond motifs is 1. The van der Waals surface area contributed by atoms with Crippen LogP contribution in [0.3, 0.4) is 0 Å². The Morgan fingerprint density at radius 1 is 1.14 bits per heavy atom. The molecule has 1 fully saturated rings. The molecule has 1 aliphatic rings. The van der Waals surface area contributed by atoms with Gasteiger partial charge in [0.2, 0.25) is 0 Å². The molecule has 1 saturated carbocycles. The third-order valence-corrected chi connectivity index (χ3v) is 5.20. The predicted molar refractivity (Wildman–Crippen MR) is 92.3 cm³/mol. The number of hydrogen-bond acceptors (Lipinski definition) is 2. The van der Waals surface area contributed by atoms with Crippen molar-refractivity contribution in [3.63, 3.8) is 0 Å². The molecule has 1 aromatic carbocycles. The first-order chi connectivity index (χ1) is 10.5. The summed E-state index contributed by atoms with van der Waals surface area (Å²) < 4.78 is 0. The normalized spacial score (nSPS) is 22.1. The van der Waals surface area contributed by atoms with Crippen molar-refractivity contribution in [3.05, 3.63) is 45.2 Å². The fourth-order valence-electron chi connectivity index (χ4n) is 3.51. The Bertz CT molecular complexity index is 732. The van der Waals surface area contributed by atoms with E-state index >= 15 is 0 Å². The van der Waals surface area contributed by atoms with Crippen molar-refractivity contribution in [2.24, 2.45) is 5.92 Å². The zero-order valence-electron chi connectivity index (χ0n) is 13.8. The number of aromatic nitrogens is 1. The van der Waals surface area contributed by atoms with E-state index in [9.17, 15) is 4.79 Å². The summed E-state index contributed by atoms with van der Waals surface area (Å²) in [4.78, 5) is 15.3. The molecular formula is C19H26N2O. The average Bonchev–Trinajstić information content (AvgIpc) is 2.48. The summed E-state index contributed by atoms with van der Waals surface area (Å²) in [7, 11) is 0. The van der Waals surface area contributed by atoms with Crippen LogP contribution in [0, 0.1) is 19.8 Å². The van der Waals surface area contributed by atoms with Gasteiger partial charge in [0.05, 0.1) is 0 Å². The van der Waals surface area contributed by atoms with E-state index in [0.717, 1.165) is 16.5 Å². The van der Waals surface area contributed by atoms with Crippen molar-refractivity contribution in [3.8, 4) is 0 Å². The van der Waals surface area contributed by atoms with E-state index in [1.165, 1.54) is 36.8 Å². The zero-order valence-corrected chi connectivity index (χ0v) is 13.8. The third-order valence-electron chi connectivity index (χ3n) is 5.20. The van der Waals surface area contributed by atoms with Crippen molar-refractivity contribution in [2.45, 2.75) is 59.0 Å². The number of pyridine rings is 1. The standard InChI is InChI=1S/C19H26N2O/c1-12-6-4-5-7-17(12)20-11-16-10-15-8-13(2)14(3)9-18(15)21-19(16)22/h8-10,12,17,20H,4-7,11H2,1-3H3,(H,21,22)/t12-,17+/m1/s1. The maximum absolute atomic E-state index is 12.3. The van der Waals surface area contributed by atoms with Crippen LogP contribution in [0.5, 0.6) is 0 Å². The Hall–Kier alpha value is -1.61. The molecule has 0 radical (unpaired) electrons. The Morgan fingerprint density at radius 3 is 2.64 bits per heavy atom. The van der Waals surface area contributed by atoms with Gasteiger partial charge < -0.3 is 10.3 Å². The van der Waals surface area contributed by atoms with Crippen LogP contribution in [-0.2, 0) is 6.54 Å². The molecule has 0 amide bonds. The average molecular weight is 298 g/mol. The lowest BCUT2D eigenvalue weighted by Gasteiger charge is -2.29. The van der Waals surface area contributed by atoms with Crippen molar-refractivity contribution in [1.82, 2.24) is 10.3 Å². The molecule has 2 aromatic rings. The summed E-state index contributed by atoms with van der Waals surface area (Å²) in [6.07, 6.45) is 5.16. The van der Waals surface area contributed by atoms with E-state index < -0.39 is 0 Å². The Kier molecular flexibility index (Phi) is 4.34. The highest BCUT2D eigenvalue weighted by molar-refractivity contribution is 5.80. The van der Waals surface area contributed by atoms with E-state index in [1.807, 2.05) is 6.07 Å². The van der Waals surface area contributed by atoms with E-state index in [2.05, 4.69) is 43.2 Å². The van der Waals surface area contributed by atoms with Crippen molar-refractivity contribution in [2.75, 3.05) is 0 Å². The maximum atomic E-state index is 12.3. The van der Waals surface area contributed by atoms with Crippen LogP contribution in [0.15, 0.2) is 23.0 Å². The highest BCUT2D eigenvalue weighted by Gasteiger charge is 2.20. The SMILES string of the molecule is Cc1cc2cc(CN[C@H]3CCCC[C@H]3C)c(=O)[nH]c2cc1C. The van der Waals surface area contributed by atoms with E-state index in [-0.39, 0.29) is 5.56 Å². The van der Waals surface area contributed by atoms with Gasteiger partial charge in [-0.2, -0.15) is 0 Å². The Labute approximate surface area is 132 Å². The zero-order chi connectivity index (χ0) is 15.7. The first-order valence-corrected chi connectivity index (χ1v) is 8.41. The predicted octanol–water partition coefficient (Wildman–Crippen LogP) is 3.81. The summed E-state index contributed by atoms with van der Waals surface area (Å²) in [5, 5.41) is 4.72. The molecule has 2 atom stereocenters. The Balaban J connectivity index is 1.83. The van der Waals surface area contributed by atoms with Gasteiger partial charge in [-0.15, -0.1) is 0 Å². The van der Waals surface area contributed by atoms with E-state index in [0.29, 0.717) is 18.5 Å². The maximum Gasteiger partial charge on any atom is 0.252 e. The number of rotatable bonds is 3. The van der Waals surface area contributed by atoms with Gasteiger partial charge in [0.15, 0.2) is 0 Å². The quantitative estimate of drug-likeness (QED) is 0.905. The van der Waals surface area contributed by atoms with Crippen molar-refractivity contribution < 1.29 is 0 Å². The van der Waals surface area contributed by atoms with Crippen molar-refractivity contribution in [1.29, 1.82) is 0 Å². The molecule has 1 aliphatic carbocycles. The highest BCUT2D eigenvalue weighted by Crippen LogP contribution is 2.24. The molecule has 1 aromatic heterocycles. The monoisotopic (exact) mass is 298 g/mol. The highest BCUT2D eigenvalue weighted by atomic mass is 16.1. The van der Waals surface area contributed by atoms with Crippen molar-refractivity contribution >= 4 is 10.9 Å². The number of H-pyrrole nitrogens is 1.